The molecule has 0 saturated heterocycles. The Bertz CT molecular complexity index is 1470. The van der Waals surface area contributed by atoms with E-state index in [1.165, 1.54) is 28.1 Å². The standard InChI is InChI=1S/C24H26FN3O5S/c1-4-28(34(3,31)32)22-18-12-16(11-15-5-7-17(25)8-6-15)13-26-21(18)23(29)20-19(22)14-27(24(20)30)9-10-33-2/h5-8,12-14,29-30H,4,9-11H2,1-3H3. The minimum Gasteiger partial charge on any atom is -0.505 e. The van der Waals surface area contributed by atoms with Crippen LogP contribution in [0.25, 0.3) is 21.7 Å². The average Bonchev–Trinajstić information content (AvgIpc) is 3.12. The summed E-state index contributed by atoms with van der Waals surface area (Å²) < 4.78 is 46.6. The van der Waals surface area contributed by atoms with Crippen molar-refractivity contribution < 1.29 is 27.8 Å². The Balaban J connectivity index is 2.02. The van der Waals surface area contributed by atoms with Crippen LogP contribution in [-0.2, 0) is 27.7 Å². The lowest BCUT2D eigenvalue weighted by Crippen LogP contribution is -2.29. The summed E-state index contributed by atoms with van der Waals surface area (Å²) >= 11 is 0. The van der Waals surface area contributed by atoms with Gasteiger partial charge in [0.15, 0.2) is 5.75 Å². The van der Waals surface area contributed by atoms with Crippen LogP contribution in [0.5, 0.6) is 11.6 Å². The lowest BCUT2D eigenvalue weighted by atomic mass is 10.0. The van der Waals surface area contributed by atoms with E-state index in [-0.39, 0.29) is 34.9 Å². The summed E-state index contributed by atoms with van der Waals surface area (Å²) in [5.41, 5.74) is 2.11. The summed E-state index contributed by atoms with van der Waals surface area (Å²) in [4.78, 5) is 4.43. The molecular formula is C24H26FN3O5S. The molecule has 0 saturated carbocycles. The lowest BCUT2D eigenvalue weighted by molar-refractivity contribution is 0.184. The molecule has 34 heavy (non-hydrogen) atoms. The number of hydrogen-bond donors (Lipinski definition) is 2. The number of sulfonamides is 1. The Morgan fingerprint density at radius 2 is 1.85 bits per heavy atom. The second kappa shape index (κ2) is 9.11. The fraction of sp³-hybridized carbons (Fsp3) is 0.292. The zero-order valence-corrected chi connectivity index (χ0v) is 19.9. The summed E-state index contributed by atoms with van der Waals surface area (Å²) in [6, 6.07) is 7.86. The Morgan fingerprint density at radius 1 is 1.15 bits per heavy atom. The molecule has 8 nitrogen and oxygen atoms in total. The fourth-order valence-corrected chi connectivity index (χ4v) is 5.22. The molecule has 0 amide bonds. The quantitative estimate of drug-likeness (QED) is 0.392. The zero-order valence-electron chi connectivity index (χ0n) is 19.1. The topological polar surface area (TPSA) is 105 Å². The van der Waals surface area contributed by atoms with Crippen molar-refractivity contribution in [3.8, 4) is 11.6 Å². The molecule has 0 atom stereocenters. The predicted octanol–water partition coefficient (Wildman–Crippen LogP) is 3.76. The molecule has 4 aromatic rings. The molecule has 0 aliphatic rings. The number of methoxy groups -OCH3 is 1. The minimum atomic E-state index is -3.69. The van der Waals surface area contributed by atoms with Gasteiger partial charge in [-0.25, -0.2) is 12.8 Å². The maximum atomic E-state index is 13.3. The van der Waals surface area contributed by atoms with E-state index in [0.29, 0.717) is 36.0 Å². The molecule has 2 N–H and O–H groups in total. The largest absolute Gasteiger partial charge is 0.505 e. The van der Waals surface area contributed by atoms with Gasteiger partial charge in [-0.3, -0.25) is 9.29 Å². The first kappa shape index (κ1) is 23.8. The van der Waals surface area contributed by atoms with Crippen LogP contribution in [0.1, 0.15) is 18.1 Å². The first-order valence-corrected chi connectivity index (χ1v) is 12.6. The van der Waals surface area contributed by atoms with Crippen LogP contribution in [-0.4, -0.2) is 54.7 Å². The molecule has 0 aliphatic heterocycles. The number of rotatable bonds is 8. The van der Waals surface area contributed by atoms with Gasteiger partial charge in [0.05, 0.1) is 23.9 Å². The highest BCUT2D eigenvalue weighted by Gasteiger charge is 2.27. The van der Waals surface area contributed by atoms with E-state index < -0.39 is 10.0 Å². The molecular weight excluding hydrogens is 461 g/mol. The van der Waals surface area contributed by atoms with Crippen LogP contribution in [0.15, 0.2) is 42.7 Å². The molecule has 10 heteroatoms. The molecule has 2 aromatic carbocycles. The van der Waals surface area contributed by atoms with Crippen molar-refractivity contribution in [1.29, 1.82) is 0 Å². The third kappa shape index (κ3) is 4.26. The van der Waals surface area contributed by atoms with Crippen molar-refractivity contribution in [2.24, 2.45) is 0 Å². The first-order valence-electron chi connectivity index (χ1n) is 10.7. The second-order valence-electron chi connectivity index (χ2n) is 8.10. The van der Waals surface area contributed by atoms with Crippen LogP contribution in [0, 0.1) is 5.82 Å². The second-order valence-corrected chi connectivity index (χ2v) is 10.0. The van der Waals surface area contributed by atoms with Gasteiger partial charge in [0.1, 0.15) is 11.3 Å². The third-order valence-corrected chi connectivity index (χ3v) is 7.00. The average molecular weight is 488 g/mol. The monoisotopic (exact) mass is 487 g/mol. The van der Waals surface area contributed by atoms with E-state index in [0.717, 1.165) is 17.4 Å². The van der Waals surface area contributed by atoms with Crippen molar-refractivity contribution in [1.82, 2.24) is 9.55 Å². The number of aromatic nitrogens is 2. The Hall–Kier alpha value is -3.37. The normalized spacial score (nSPS) is 12.0. The van der Waals surface area contributed by atoms with Crippen molar-refractivity contribution in [3.05, 3.63) is 59.7 Å². The Morgan fingerprint density at radius 3 is 2.47 bits per heavy atom. The van der Waals surface area contributed by atoms with E-state index in [1.54, 1.807) is 37.5 Å². The number of hydrogen-bond acceptors (Lipinski definition) is 6. The van der Waals surface area contributed by atoms with Gasteiger partial charge in [0.2, 0.25) is 15.9 Å². The Labute approximate surface area is 196 Å². The van der Waals surface area contributed by atoms with Crippen molar-refractivity contribution in [2.75, 3.05) is 30.8 Å². The van der Waals surface area contributed by atoms with Gasteiger partial charge < -0.3 is 19.5 Å². The molecule has 2 aromatic heterocycles. The van der Waals surface area contributed by atoms with E-state index in [1.807, 2.05) is 0 Å². The zero-order chi connectivity index (χ0) is 24.6. The maximum Gasteiger partial charge on any atom is 0.232 e. The molecule has 2 heterocycles. The van der Waals surface area contributed by atoms with Crippen molar-refractivity contribution in [2.45, 2.75) is 19.9 Å². The number of fused-ring (bicyclic) bond motifs is 2. The van der Waals surface area contributed by atoms with Crippen LogP contribution in [0.2, 0.25) is 0 Å². The highest BCUT2D eigenvalue weighted by Crippen LogP contribution is 2.47. The number of nitrogens with zero attached hydrogens (tertiary/aromatic N) is 3. The molecule has 0 bridgehead atoms. The van der Waals surface area contributed by atoms with Gasteiger partial charge in [0.25, 0.3) is 0 Å². The molecule has 0 unspecified atom stereocenters. The number of phenols is 1. The third-order valence-electron chi connectivity index (χ3n) is 5.76. The van der Waals surface area contributed by atoms with Gasteiger partial charge in [-0.1, -0.05) is 12.1 Å². The smallest absolute Gasteiger partial charge is 0.232 e. The first-order chi connectivity index (χ1) is 16.2. The van der Waals surface area contributed by atoms with E-state index >= 15 is 0 Å². The molecule has 4 rings (SSSR count). The number of anilines is 1. The number of halogens is 1. The molecule has 180 valence electrons. The Kier molecular flexibility index (Phi) is 6.37. The van der Waals surface area contributed by atoms with Gasteiger partial charge in [-0.15, -0.1) is 0 Å². The van der Waals surface area contributed by atoms with Gasteiger partial charge in [-0.05, 0) is 42.7 Å². The summed E-state index contributed by atoms with van der Waals surface area (Å²) in [5.74, 6) is -0.769. The van der Waals surface area contributed by atoms with Crippen molar-refractivity contribution in [3.63, 3.8) is 0 Å². The summed E-state index contributed by atoms with van der Waals surface area (Å²) in [5, 5.41) is 22.8. The van der Waals surface area contributed by atoms with Gasteiger partial charge in [0, 0.05) is 43.4 Å². The number of pyridine rings is 1. The molecule has 0 spiro atoms. The predicted molar refractivity (Wildman–Crippen MR) is 130 cm³/mol. The fourth-order valence-electron chi connectivity index (χ4n) is 4.22. The number of phenolic OH excluding ortho intramolecular Hbond substituents is 1. The van der Waals surface area contributed by atoms with Gasteiger partial charge in [-0.2, -0.15) is 0 Å². The van der Waals surface area contributed by atoms with E-state index in [2.05, 4.69) is 4.98 Å². The highest BCUT2D eigenvalue weighted by molar-refractivity contribution is 7.92. The number of benzene rings is 2. The molecule has 0 radical (unpaired) electrons. The van der Waals surface area contributed by atoms with Crippen LogP contribution >= 0.6 is 0 Å². The molecule has 0 aliphatic carbocycles. The summed E-state index contributed by atoms with van der Waals surface area (Å²) in [7, 11) is -2.16. The van der Waals surface area contributed by atoms with Gasteiger partial charge >= 0.3 is 0 Å². The summed E-state index contributed by atoms with van der Waals surface area (Å²) in [6.45, 7) is 2.47. The van der Waals surface area contributed by atoms with Crippen LogP contribution < -0.4 is 4.31 Å². The van der Waals surface area contributed by atoms with Crippen LogP contribution in [0.4, 0.5) is 10.1 Å². The van der Waals surface area contributed by atoms with Crippen molar-refractivity contribution >= 4 is 37.4 Å². The number of ether oxygens (including phenoxy) is 1. The van der Waals surface area contributed by atoms with E-state index in [9.17, 15) is 23.0 Å². The lowest BCUT2D eigenvalue weighted by Gasteiger charge is -2.24. The maximum absolute atomic E-state index is 13.3. The summed E-state index contributed by atoms with van der Waals surface area (Å²) in [6.07, 6.45) is 4.74. The SMILES string of the molecule is CCN(c1c2cc(Cc3ccc(F)cc3)cnc2c(O)c2c(O)n(CCOC)cc12)S(C)(=O)=O. The number of aromatic hydroxyl groups is 2. The highest BCUT2D eigenvalue weighted by atomic mass is 32.2. The minimum absolute atomic E-state index is 0.125. The molecule has 0 fully saturated rings. The van der Waals surface area contributed by atoms with Crippen LogP contribution in [0.3, 0.4) is 0 Å². The van der Waals surface area contributed by atoms with E-state index in [4.69, 9.17) is 4.74 Å².